The molecule has 0 atom stereocenters. The topological polar surface area (TPSA) is 17.3 Å². The lowest BCUT2D eigenvalue weighted by atomic mass is 9.86. The first kappa shape index (κ1) is 15.8. The molecule has 24 heavy (non-hydrogen) atoms. The molecular formula is C21H25N2P. The van der Waals surface area contributed by atoms with Gasteiger partial charge in [0.05, 0.1) is 27.5 Å². The van der Waals surface area contributed by atoms with Gasteiger partial charge in [-0.3, -0.25) is 0 Å². The average molecular weight is 336 g/mol. The maximum atomic E-state index is 5.15. The molecule has 3 heterocycles. The second-order valence-electron chi connectivity index (χ2n) is 8.50. The van der Waals surface area contributed by atoms with Crippen LogP contribution in [0.4, 0.5) is 0 Å². The van der Waals surface area contributed by atoms with Crippen LogP contribution in [-0.4, -0.2) is 9.38 Å². The summed E-state index contributed by atoms with van der Waals surface area (Å²) in [4.78, 5) is 5.15. The first-order valence-corrected chi connectivity index (χ1v) is 9.68. The maximum absolute atomic E-state index is 5.15. The third kappa shape index (κ3) is 2.09. The SMILES string of the molecule is CCC(C)(C)c1nc2cccc3ccc4c(C(C)(C)C)pc1n4c32. The van der Waals surface area contributed by atoms with E-state index in [2.05, 4.69) is 76.3 Å². The van der Waals surface area contributed by atoms with Crippen LogP contribution in [0, 0.1) is 0 Å². The van der Waals surface area contributed by atoms with Gasteiger partial charge in [-0.2, -0.15) is 0 Å². The number of nitrogens with zero attached hydrogens (tertiary/aromatic N) is 2. The summed E-state index contributed by atoms with van der Waals surface area (Å²) in [5.41, 5.74) is 5.23. The number of pyridine rings is 1. The molecular weight excluding hydrogens is 311 g/mol. The Hall–Kier alpha value is -1.66. The molecule has 1 aromatic carbocycles. The lowest BCUT2D eigenvalue weighted by Crippen LogP contribution is -2.19. The van der Waals surface area contributed by atoms with E-state index >= 15 is 0 Å². The van der Waals surface area contributed by atoms with E-state index in [1.165, 1.54) is 40.8 Å². The summed E-state index contributed by atoms with van der Waals surface area (Å²) in [7, 11) is 1.32. The molecule has 2 nitrogen and oxygen atoms in total. The van der Waals surface area contributed by atoms with Crippen molar-refractivity contribution in [3.05, 3.63) is 41.3 Å². The monoisotopic (exact) mass is 336 g/mol. The molecule has 0 aliphatic heterocycles. The van der Waals surface area contributed by atoms with E-state index in [4.69, 9.17) is 4.98 Å². The van der Waals surface area contributed by atoms with Crippen molar-refractivity contribution in [2.45, 2.75) is 58.8 Å². The van der Waals surface area contributed by atoms with E-state index in [9.17, 15) is 0 Å². The quantitative estimate of drug-likeness (QED) is 0.401. The van der Waals surface area contributed by atoms with Gasteiger partial charge in [-0.25, -0.2) is 4.98 Å². The molecule has 3 heteroatoms. The zero-order valence-electron chi connectivity index (χ0n) is 15.4. The van der Waals surface area contributed by atoms with Gasteiger partial charge in [-0.15, -0.1) is 0 Å². The van der Waals surface area contributed by atoms with Gasteiger partial charge in [-0.05, 0) is 32.2 Å². The number of para-hydroxylation sites is 1. The van der Waals surface area contributed by atoms with Gasteiger partial charge < -0.3 is 4.40 Å². The Morgan fingerprint density at radius 3 is 2.46 bits per heavy atom. The standard InChI is InChI=1S/C21H25N2P/c1-7-21(5,6)17-19-23-15(18(24-19)20(2,3)4)12-11-13-9-8-10-14(22-17)16(13)23/h8-12H,7H2,1-6H3. The minimum absolute atomic E-state index is 0.0790. The molecule has 0 radical (unpaired) electrons. The van der Waals surface area contributed by atoms with E-state index in [0.29, 0.717) is 0 Å². The van der Waals surface area contributed by atoms with Gasteiger partial charge in [0.25, 0.3) is 0 Å². The first-order valence-electron chi connectivity index (χ1n) is 8.78. The zero-order valence-corrected chi connectivity index (χ0v) is 16.3. The minimum atomic E-state index is 0.0790. The smallest absolute Gasteiger partial charge is 0.0961 e. The Morgan fingerprint density at radius 1 is 1.04 bits per heavy atom. The normalized spacial score (nSPS) is 13.9. The van der Waals surface area contributed by atoms with E-state index in [-0.39, 0.29) is 10.8 Å². The molecule has 0 N–H and O–H groups in total. The largest absolute Gasteiger partial charge is 0.301 e. The summed E-state index contributed by atoms with van der Waals surface area (Å²) in [6.07, 6.45) is 1.09. The van der Waals surface area contributed by atoms with Gasteiger partial charge in [0.1, 0.15) is 0 Å². The Morgan fingerprint density at radius 2 is 1.79 bits per heavy atom. The predicted octanol–water partition coefficient (Wildman–Crippen LogP) is 6.64. The molecule has 0 amide bonds. The van der Waals surface area contributed by atoms with Gasteiger partial charge in [0, 0.05) is 16.1 Å². The zero-order chi connectivity index (χ0) is 17.3. The molecule has 0 bridgehead atoms. The van der Waals surface area contributed by atoms with Gasteiger partial charge in [0.2, 0.25) is 0 Å². The summed E-state index contributed by atoms with van der Waals surface area (Å²) >= 11 is 0. The molecule has 0 saturated heterocycles. The van der Waals surface area contributed by atoms with Crippen LogP contribution in [0.3, 0.4) is 0 Å². The van der Waals surface area contributed by atoms with Crippen molar-refractivity contribution >= 4 is 35.4 Å². The Kier molecular flexibility index (Phi) is 3.25. The van der Waals surface area contributed by atoms with Crippen LogP contribution in [0.15, 0.2) is 30.3 Å². The fourth-order valence-electron chi connectivity index (χ4n) is 3.50. The molecule has 3 aromatic heterocycles. The van der Waals surface area contributed by atoms with E-state index in [1.54, 1.807) is 0 Å². The molecule has 124 valence electrons. The Bertz CT molecular complexity index is 1050. The highest BCUT2D eigenvalue weighted by Crippen LogP contribution is 2.45. The van der Waals surface area contributed by atoms with Gasteiger partial charge in [-0.1, -0.05) is 59.7 Å². The van der Waals surface area contributed by atoms with Gasteiger partial charge in [0.15, 0.2) is 0 Å². The number of rotatable bonds is 2. The van der Waals surface area contributed by atoms with Crippen LogP contribution >= 0.6 is 8.19 Å². The second-order valence-corrected chi connectivity index (χ2v) is 9.60. The van der Waals surface area contributed by atoms with Crippen molar-refractivity contribution < 1.29 is 0 Å². The molecule has 0 fully saturated rings. The van der Waals surface area contributed by atoms with E-state index < -0.39 is 0 Å². The summed E-state index contributed by atoms with van der Waals surface area (Å²) in [5, 5.41) is 4.14. The van der Waals surface area contributed by atoms with Crippen LogP contribution in [0.1, 0.15) is 59.0 Å². The van der Waals surface area contributed by atoms with Crippen molar-refractivity contribution in [2.24, 2.45) is 0 Å². The maximum Gasteiger partial charge on any atom is 0.0961 e. The third-order valence-electron chi connectivity index (χ3n) is 5.28. The molecule has 4 rings (SSSR count). The summed E-state index contributed by atoms with van der Waals surface area (Å²) < 4.78 is 2.49. The number of benzene rings is 1. The molecule has 0 aliphatic rings. The van der Waals surface area contributed by atoms with Crippen molar-refractivity contribution in [3.8, 4) is 0 Å². The van der Waals surface area contributed by atoms with Crippen molar-refractivity contribution in [1.82, 2.24) is 9.38 Å². The van der Waals surface area contributed by atoms with E-state index in [1.807, 2.05) is 0 Å². The van der Waals surface area contributed by atoms with Crippen LogP contribution in [-0.2, 0) is 10.8 Å². The Labute approximate surface area is 145 Å². The van der Waals surface area contributed by atoms with Crippen LogP contribution in [0.2, 0.25) is 0 Å². The summed E-state index contributed by atoms with van der Waals surface area (Å²) in [6, 6.07) is 11.0. The molecule has 4 aromatic rings. The molecule has 0 spiro atoms. The van der Waals surface area contributed by atoms with Crippen molar-refractivity contribution in [1.29, 1.82) is 0 Å². The Balaban J connectivity index is 2.28. The van der Waals surface area contributed by atoms with E-state index in [0.717, 1.165) is 11.9 Å². The molecule has 0 unspecified atom stereocenters. The van der Waals surface area contributed by atoms with Crippen LogP contribution in [0.5, 0.6) is 0 Å². The third-order valence-corrected chi connectivity index (χ3v) is 7.03. The fourth-order valence-corrected chi connectivity index (χ4v) is 5.10. The van der Waals surface area contributed by atoms with Crippen molar-refractivity contribution in [3.63, 3.8) is 0 Å². The predicted molar refractivity (Wildman–Crippen MR) is 106 cm³/mol. The fraction of sp³-hybridized carbons (Fsp3) is 0.429. The summed E-state index contributed by atoms with van der Waals surface area (Å²) in [6.45, 7) is 13.8. The molecule has 0 aliphatic carbocycles. The first-order chi connectivity index (χ1) is 11.2. The molecule has 0 saturated carbocycles. The lowest BCUT2D eigenvalue weighted by Gasteiger charge is -2.24. The highest BCUT2D eigenvalue weighted by Gasteiger charge is 2.29. The van der Waals surface area contributed by atoms with Gasteiger partial charge >= 0.3 is 0 Å². The van der Waals surface area contributed by atoms with Crippen molar-refractivity contribution in [2.75, 3.05) is 0 Å². The lowest BCUT2D eigenvalue weighted by molar-refractivity contribution is 0.496. The van der Waals surface area contributed by atoms with Crippen LogP contribution < -0.4 is 0 Å². The van der Waals surface area contributed by atoms with Crippen LogP contribution in [0.25, 0.3) is 27.2 Å². The number of aromatic nitrogens is 2. The minimum Gasteiger partial charge on any atom is -0.301 e. The number of hydrogen-bond acceptors (Lipinski definition) is 1. The average Bonchev–Trinajstić information content (AvgIpc) is 2.93. The summed E-state index contributed by atoms with van der Waals surface area (Å²) in [5.74, 6) is 0. The highest BCUT2D eigenvalue weighted by molar-refractivity contribution is 7.37. The number of hydrogen-bond donors (Lipinski definition) is 0. The second kappa shape index (κ2) is 4.92. The highest BCUT2D eigenvalue weighted by atomic mass is 31.0.